The van der Waals surface area contributed by atoms with Crippen LogP contribution in [0.3, 0.4) is 0 Å². The van der Waals surface area contributed by atoms with Gasteiger partial charge < -0.3 is 10.6 Å². The molecule has 0 aromatic heterocycles. The molecule has 1 heterocycles. The molecule has 0 saturated carbocycles. The first kappa shape index (κ1) is 19.2. The lowest BCUT2D eigenvalue weighted by Gasteiger charge is -2.17. The summed E-state index contributed by atoms with van der Waals surface area (Å²) in [4.78, 5) is 37.1. The summed E-state index contributed by atoms with van der Waals surface area (Å²) >= 11 is 12.1. The largest absolute Gasteiger partial charge is 0.345 e. The van der Waals surface area contributed by atoms with Crippen LogP contribution in [0.1, 0.15) is 34.5 Å². The quantitative estimate of drug-likeness (QED) is 0.746. The molecule has 1 aliphatic heterocycles. The molecule has 3 rings (SSSR count). The van der Waals surface area contributed by atoms with Crippen molar-refractivity contribution in [2.24, 2.45) is 0 Å². The summed E-state index contributed by atoms with van der Waals surface area (Å²) in [5, 5.41) is 6.35. The molecule has 4 amide bonds. The van der Waals surface area contributed by atoms with Gasteiger partial charge in [0.2, 0.25) is 5.91 Å². The normalized spacial score (nSPS) is 14.9. The van der Waals surface area contributed by atoms with E-state index in [0.29, 0.717) is 21.2 Å². The Labute approximate surface area is 166 Å². The second-order valence-corrected chi connectivity index (χ2v) is 7.04. The van der Waals surface area contributed by atoms with E-state index < -0.39 is 6.03 Å². The number of benzene rings is 2. The monoisotopic (exact) mass is 405 g/mol. The smallest absolute Gasteiger partial charge is 0.324 e. The molecule has 0 radical (unpaired) electrons. The number of urea groups is 1. The molecule has 0 bridgehead atoms. The van der Waals surface area contributed by atoms with E-state index in [0.717, 1.165) is 10.5 Å². The van der Waals surface area contributed by atoms with E-state index in [1.807, 2.05) is 6.92 Å². The number of nitrogens with zero attached hydrogens (tertiary/aromatic N) is 1. The molecule has 1 saturated heterocycles. The fourth-order valence-electron chi connectivity index (χ4n) is 2.82. The highest BCUT2D eigenvalue weighted by Gasteiger charge is 2.28. The van der Waals surface area contributed by atoms with Gasteiger partial charge in [-0.3, -0.25) is 14.5 Å². The minimum Gasteiger partial charge on any atom is -0.345 e. The van der Waals surface area contributed by atoms with E-state index in [1.165, 1.54) is 0 Å². The van der Waals surface area contributed by atoms with Crippen molar-refractivity contribution < 1.29 is 14.4 Å². The fourth-order valence-corrected chi connectivity index (χ4v) is 3.39. The molecule has 2 aromatic carbocycles. The van der Waals surface area contributed by atoms with Gasteiger partial charge >= 0.3 is 6.03 Å². The van der Waals surface area contributed by atoms with Crippen LogP contribution >= 0.6 is 23.2 Å². The number of hydrogen-bond donors (Lipinski definition) is 2. The zero-order valence-electron chi connectivity index (χ0n) is 14.5. The number of carbonyl (C=O) groups is 3. The summed E-state index contributed by atoms with van der Waals surface area (Å²) in [5.74, 6) is -0.576. The van der Waals surface area contributed by atoms with Crippen molar-refractivity contribution in [3.63, 3.8) is 0 Å². The van der Waals surface area contributed by atoms with Crippen LogP contribution in [0.2, 0.25) is 10.0 Å². The van der Waals surface area contributed by atoms with Gasteiger partial charge in [-0.05, 0) is 42.3 Å². The molecule has 2 N–H and O–H groups in total. The number of imide groups is 1. The number of hydrogen-bond acceptors (Lipinski definition) is 3. The van der Waals surface area contributed by atoms with Crippen LogP contribution in [0.4, 0.5) is 4.79 Å². The Kier molecular flexibility index (Phi) is 5.68. The minimum atomic E-state index is -0.430. The Balaban J connectivity index is 1.71. The molecule has 1 aliphatic rings. The Morgan fingerprint density at radius 3 is 2.67 bits per heavy atom. The third kappa shape index (κ3) is 4.40. The summed E-state index contributed by atoms with van der Waals surface area (Å²) < 4.78 is 0. The third-order valence-electron chi connectivity index (χ3n) is 4.24. The van der Waals surface area contributed by atoms with Crippen LogP contribution in [0, 0.1) is 0 Å². The van der Waals surface area contributed by atoms with Gasteiger partial charge in [0.25, 0.3) is 5.91 Å². The summed E-state index contributed by atoms with van der Waals surface area (Å²) in [6.07, 6.45) is 0. The maximum atomic E-state index is 12.6. The first-order valence-electron chi connectivity index (χ1n) is 8.28. The Hall–Kier alpha value is -2.57. The molecule has 0 spiro atoms. The van der Waals surface area contributed by atoms with Crippen molar-refractivity contribution in [2.45, 2.75) is 19.5 Å². The molecule has 8 heteroatoms. The van der Waals surface area contributed by atoms with Crippen molar-refractivity contribution in [2.75, 3.05) is 6.54 Å². The lowest BCUT2D eigenvalue weighted by atomic mass is 10.1. The van der Waals surface area contributed by atoms with E-state index >= 15 is 0 Å². The number of nitrogens with one attached hydrogen (secondary N) is 2. The van der Waals surface area contributed by atoms with E-state index in [1.54, 1.807) is 42.5 Å². The zero-order chi connectivity index (χ0) is 19.6. The van der Waals surface area contributed by atoms with Crippen molar-refractivity contribution in [3.05, 3.63) is 69.2 Å². The van der Waals surface area contributed by atoms with E-state index in [9.17, 15) is 14.4 Å². The van der Waals surface area contributed by atoms with E-state index in [-0.39, 0.29) is 30.9 Å². The molecule has 2 aromatic rings. The van der Waals surface area contributed by atoms with Crippen molar-refractivity contribution in [3.8, 4) is 0 Å². The van der Waals surface area contributed by atoms with Crippen molar-refractivity contribution >= 4 is 41.0 Å². The van der Waals surface area contributed by atoms with Gasteiger partial charge in [-0.2, -0.15) is 0 Å². The molecular formula is C19H17Cl2N3O3. The number of amides is 4. The lowest BCUT2D eigenvalue weighted by molar-refractivity contribution is -0.125. The SMILES string of the molecule is C[C@@H](NC(=O)c1cccc(CN2C(=O)CNC2=O)c1)c1ccc(Cl)cc1Cl. The van der Waals surface area contributed by atoms with Crippen molar-refractivity contribution in [1.29, 1.82) is 0 Å². The van der Waals surface area contributed by atoms with Crippen LogP contribution < -0.4 is 10.6 Å². The summed E-state index contributed by atoms with van der Waals surface area (Å²) in [6, 6.07) is 11.1. The average molecular weight is 406 g/mol. The molecule has 6 nitrogen and oxygen atoms in total. The molecule has 1 atom stereocenters. The molecule has 27 heavy (non-hydrogen) atoms. The Morgan fingerprint density at radius 2 is 2.00 bits per heavy atom. The summed E-state index contributed by atoms with van der Waals surface area (Å²) in [6.45, 7) is 1.94. The third-order valence-corrected chi connectivity index (χ3v) is 4.81. The first-order chi connectivity index (χ1) is 12.8. The van der Waals surface area contributed by atoms with Crippen LogP contribution in [-0.4, -0.2) is 29.3 Å². The molecule has 0 unspecified atom stereocenters. The lowest BCUT2D eigenvalue weighted by Crippen LogP contribution is -2.30. The summed E-state index contributed by atoms with van der Waals surface area (Å²) in [5.41, 5.74) is 1.87. The van der Waals surface area contributed by atoms with E-state index in [4.69, 9.17) is 23.2 Å². The molecule has 1 fully saturated rings. The van der Waals surface area contributed by atoms with Gasteiger partial charge in [0.05, 0.1) is 19.1 Å². The van der Waals surface area contributed by atoms with Crippen LogP contribution in [0.15, 0.2) is 42.5 Å². The maximum absolute atomic E-state index is 12.6. The highest BCUT2D eigenvalue weighted by molar-refractivity contribution is 6.35. The second-order valence-electron chi connectivity index (χ2n) is 6.20. The Morgan fingerprint density at radius 1 is 1.22 bits per heavy atom. The van der Waals surface area contributed by atoms with Crippen LogP contribution in [0.25, 0.3) is 0 Å². The Bertz CT molecular complexity index is 901. The topological polar surface area (TPSA) is 78.5 Å². The highest BCUT2D eigenvalue weighted by atomic mass is 35.5. The second kappa shape index (κ2) is 7.98. The molecular weight excluding hydrogens is 389 g/mol. The zero-order valence-corrected chi connectivity index (χ0v) is 16.0. The van der Waals surface area contributed by atoms with E-state index in [2.05, 4.69) is 10.6 Å². The van der Waals surface area contributed by atoms with Gasteiger partial charge in [-0.1, -0.05) is 41.4 Å². The number of rotatable bonds is 5. The van der Waals surface area contributed by atoms with Gasteiger partial charge in [0, 0.05) is 15.6 Å². The van der Waals surface area contributed by atoms with Crippen molar-refractivity contribution in [1.82, 2.24) is 15.5 Å². The molecule has 140 valence electrons. The average Bonchev–Trinajstić information content (AvgIpc) is 2.93. The van der Waals surface area contributed by atoms with Gasteiger partial charge in [-0.25, -0.2) is 4.79 Å². The molecule has 0 aliphatic carbocycles. The predicted molar refractivity (Wildman–Crippen MR) is 103 cm³/mol. The van der Waals surface area contributed by atoms with Gasteiger partial charge in [0.15, 0.2) is 0 Å². The predicted octanol–water partition coefficient (Wildman–Crippen LogP) is 3.54. The highest BCUT2D eigenvalue weighted by Crippen LogP contribution is 2.26. The number of carbonyl (C=O) groups excluding carboxylic acids is 3. The van der Waals surface area contributed by atoms with Gasteiger partial charge in [-0.15, -0.1) is 0 Å². The minimum absolute atomic E-state index is 0.00161. The van der Waals surface area contributed by atoms with Crippen LogP contribution in [-0.2, 0) is 11.3 Å². The number of halogens is 2. The summed E-state index contributed by atoms with van der Waals surface area (Å²) in [7, 11) is 0. The maximum Gasteiger partial charge on any atom is 0.324 e. The van der Waals surface area contributed by atoms with Crippen LogP contribution in [0.5, 0.6) is 0 Å². The standard InChI is InChI=1S/C19H17Cl2N3O3/c1-11(15-6-5-14(20)8-16(15)21)23-18(26)13-4-2-3-12(7-13)10-24-17(25)9-22-19(24)27/h2-8,11H,9-10H2,1H3,(H,22,27)(H,23,26)/t11-/m1/s1. The van der Waals surface area contributed by atoms with Gasteiger partial charge in [0.1, 0.15) is 0 Å². The fraction of sp³-hybridized carbons (Fsp3) is 0.211. The first-order valence-corrected chi connectivity index (χ1v) is 9.03.